The Hall–Kier alpha value is -3.46. The van der Waals surface area contributed by atoms with Crippen molar-refractivity contribution in [1.29, 1.82) is 0 Å². The molecular weight excluding hydrogens is 449 g/mol. The summed E-state index contributed by atoms with van der Waals surface area (Å²) in [4.78, 5) is 41.0. The lowest BCUT2D eigenvalue weighted by Gasteiger charge is -2.16. The summed E-state index contributed by atoms with van der Waals surface area (Å²) in [6.07, 6.45) is 2.60. The van der Waals surface area contributed by atoms with Crippen LogP contribution >= 0.6 is 11.6 Å². The number of amides is 3. The Morgan fingerprint density at radius 3 is 2.61 bits per heavy atom. The summed E-state index contributed by atoms with van der Waals surface area (Å²) in [7, 11) is 0. The fraction of sp³-hybridized carbons (Fsp3) is 0.304. The van der Waals surface area contributed by atoms with E-state index < -0.39 is 6.04 Å². The molecule has 0 radical (unpaired) electrons. The summed E-state index contributed by atoms with van der Waals surface area (Å²) in [6.45, 7) is 4.54. The number of hydrogen-bond donors (Lipinski definition) is 4. The molecule has 0 aliphatic carbocycles. The first kappa shape index (κ1) is 25.8. The molecule has 4 N–H and O–H groups in total. The second kappa shape index (κ2) is 13.2. The van der Waals surface area contributed by atoms with E-state index >= 15 is 0 Å². The van der Waals surface area contributed by atoms with Gasteiger partial charge in [-0.3, -0.25) is 14.4 Å². The van der Waals surface area contributed by atoms with Crippen molar-refractivity contribution in [2.24, 2.45) is 0 Å². The van der Waals surface area contributed by atoms with E-state index in [4.69, 9.17) is 11.6 Å². The van der Waals surface area contributed by atoms with Crippen molar-refractivity contribution in [3.05, 3.63) is 64.8 Å². The molecule has 0 aliphatic heterocycles. The zero-order valence-electron chi connectivity index (χ0n) is 18.5. The molecule has 3 rings (SSSR count). The van der Waals surface area contributed by atoms with Gasteiger partial charge in [0.15, 0.2) is 0 Å². The number of rotatable bonds is 9. The smallest absolute Gasteiger partial charge is 0.242 e. The Morgan fingerprint density at radius 2 is 1.94 bits per heavy atom. The first-order valence-corrected chi connectivity index (χ1v) is 10.8. The quantitative estimate of drug-likeness (QED) is 0.281. The Morgan fingerprint density at radius 1 is 1.21 bits per heavy atom. The Balaban J connectivity index is 0.000000288. The zero-order valence-corrected chi connectivity index (χ0v) is 19.2. The molecule has 3 aromatic rings. The molecule has 33 heavy (non-hydrogen) atoms. The van der Waals surface area contributed by atoms with Crippen molar-refractivity contribution < 1.29 is 18.8 Å². The van der Waals surface area contributed by atoms with Crippen LogP contribution in [0.2, 0.25) is 5.15 Å². The normalized spacial score (nSPS) is 11.2. The number of aromatic nitrogens is 2. The maximum absolute atomic E-state index is 12.8. The molecule has 1 aromatic carbocycles. The molecule has 1 atom stereocenters. The van der Waals surface area contributed by atoms with Gasteiger partial charge in [0.05, 0.1) is 11.7 Å². The molecule has 0 spiro atoms. The number of aromatic amines is 1. The number of pyridine rings is 1. The lowest BCUT2D eigenvalue weighted by atomic mass is 10.1. The second-order valence-corrected chi connectivity index (χ2v) is 7.60. The summed E-state index contributed by atoms with van der Waals surface area (Å²) in [5.41, 5.74) is 2.88. The van der Waals surface area contributed by atoms with Gasteiger partial charge in [-0.1, -0.05) is 23.7 Å². The first-order valence-electron chi connectivity index (χ1n) is 10.4. The molecule has 3 amide bonds. The summed E-state index contributed by atoms with van der Waals surface area (Å²) >= 11 is 5.70. The molecule has 0 saturated carbocycles. The van der Waals surface area contributed by atoms with E-state index in [9.17, 15) is 18.8 Å². The van der Waals surface area contributed by atoms with Crippen LogP contribution in [0, 0.1) is 12.7 Å². The highest BCUT2D eigenvalue weighted by atomic mass is 35.5. The minimum Gasteiger partial charge on any atom is -0.357 e. The third-order valence-electron chi connectivity index (χ3n) is 4.57. The summed E-state index contributed by atoms with van der Waals surface area (Å²) < 4.78 is 12.8. The van der Waals surface area contributed by atoms with Gasteiger partial charge in [-0.25, -0.2) is 9.37 Å². The molecule has 176 valence electrons. The van der Waals surface area contributed by atoms with Crippen molar-refractivity contribution in [3.63, 3.8) is 0 Å². The number of halogens is 2. The maximum atomic E-state index is 12.8. The van der Waals surface area contributed by atoms with Gasteiger partial charge < -0.3 is 20.9 Å². The van der Waals surface area contributed by atoms with Gasteiger partial charge in [-0.2, -0.15) is 0 Å². The summed E-state index contributed by atoms with van der Waals surface area (Å²) in [5.74, 6) is -0.906. The molecule has 0 aliphatic rings. The number of carbonyl (C=O) groups is 3. The van der Waals surface area contributed by atoms with Crippen LogP contribution < -0.4 is 16.0 Å². The fourth-order valence-corrected chi connectivity index (χ4v) is 3.19. The number of carbonyl (C=O) groups excluding carboxylic acids is 3. The Labute approximate surface area is 196 Å². The molecule has 0 fully saturated rings. The lowest BCUT2D eigenvalue weighted by Crippen LogP contribution is -2.45. The van der Waals surface area contributed by atoms with Crippen LogP contribution in [0.3, 0.4) is 0 Å². The second-order valence-electron chi connectivity index (χ2n) is 7.21. The number of aryl methyl sites for hydroxylation is 1. The van der Waals surface area contributed by atoms with E-state index in [1.165, 1.54) is 12.1 Å². The van der Waals surface area contributed by atoms with Gasteiger partial charge in [0.1, 0.15) is 17.0 Å². The molecule has 10 heteroatoms. The van der Waals surface area contributed by atoms with E-state index in [1.54, 1.807) is 18.3 Å². The highest BCUT2D eigenvalue weighted by molar-refractivity contribution is 6.30. The SMILES string of the molecule is CCNC(=O)CCNC(=O)[C@H](Cc1ccc(F)cc1)NC=O.Cc1cc2cc(Cl)ncc2[nH]1. The average Bonchev–Trinajstić information content (AvgIpc) is 3.14. The predicted molar refractivity (Wildman–Crippen MR) is 125 cm³/mol. The van der Waals surface area contributed by atoms with Gasteiger partial charge in [-0.05, 0) is 43.7 Å². The van der Waals surface area contributed by atoms with Crippen molar-refractivity contribution in [2.45, 2.75) is 32.7 Å². The monoisotopic (exact) mass is 475 g/mol. The Kier molecular flexibility index (Phi) is 10.3. The standard InChI is InChI=1S/C15H20FN3O3.C8H7ClN2/c1-2-17-14(21)7-8-18-15(22)13(19-10-20)9-11-3-5-12(16)6-4-11;1-5-2-6-3-8(9)10-4-7(6)11-5/h3-6,10,13H,2,7-9H2,1H3,(H,17,21)(H,18,22)(H,19,20);2-4,11H,1H3/t13-;/m0./s1. The fourth-order valence-electron chi connectivity index (χ4n) is 3.02. The molecule has 8 nitrogen and oxygen atoms in total. The van der Waals surface area contributed by atoms with Crippen LogP contribution in [0.4, 0.5) is 4.39 Å². The van der Waals surface area contributed by atoms with E-state index in [0.717, 1.165) is 22.2 Å². The van der Waals surface area contributed by atoms with Gasteiger partial charge in [0.2, 0.25) is 18.2 Å². The van der Waals surface area contributed by atoms with Crippen LogP contribution in [-0.2, 0) is 20.8 Å². The zero-order chi connectivity index (χ0) is 24.2. The number of nitrogens with one attached hydrogen (secondary N) is 4. The number of hydrogen-bond acceptors (Lipinski definition) is 4. The minimum atomic E-state index is -0.766. The molecule has 2 aromatic heterocycles. The van der Waals surface area contributed by atoms with Crippen LogP contribution in [-0.4, -0.2) is 47.3 Å². The molecular formula is C23H27ClFN5O3. The van der Waals surface area contributed by atoms with Crippen LogP contribution in [0.25, 0.3) is 10.9 Å². The Bertz CT molecular complexity index is 1070. The maximum Gasteiger partial charge on any atom is 0.242 e. The topological polar surface area (TPSA) is 116 Å². The van der Waals surface area contributed by atoms with Gasteiger partial charge in [0.25, 0.3) is 0 Å². The third kappa shape index (κ3) is 8.89. The number of fused-ring (bicyclic) bond motifs is 1. The van der Waals surface area contributed by atoms with Gasteiger partial charge >= 0.3 is 0 Å². The van der Waals surface area contributed by atoms with E-state index in [1.807, 2.05) is 26.0 Å². The molecule has 2 heterocycles. The molecule has 0 saturated heterocycles. The van der Waals surface area contributed by atoms with Crippen molar-refractivity contribution in [1.82, 2.24) is 25.9 Å². The lowest BCUT2D eigenvalue weighted by molar-refractivity contribution is -0.125. The van der Waals surface area contributed by atoms with Gasteiger partial charge in [-0.15, -0.1) is 0 Å². The highest BCUT2D eigenvalue weighted by Gasteiger charge is 2.18. The highest BCUT2D eigenvalue weighted by Crippen LogP contribution is 2.16. The number of benzene rings is 1. The summed E-state index contributed by atoms with van der Waals surface area (Å²) in [5, 5.41) is 9.29. The molecule has 0 unspecified atom stereocenters. The van der Waals surface area contributed by atoms with Crippen LogP contribution in [0.15, 0.2) is 42.6 Å². The molecule has 0 bridgehead atoms. The first-order chi connectivity index (χ1) is 15.8. The average molecular weight is 476 g/mol. The summed E-state index contributed by atoms with van der Waals surface area (Å²) in [6, 6.07) is 8.81. The van der Waals surface area contributed by atoms with Crippen molar-refractivity contribution in [2.75, 3.05) is 13.1 Å². The number of nitrogens with zero attached hydrogens (tertiary/aromatic N) is 1. The van der Waals surface area contributed by atoms with Crippen molar-refractivity contribution in [3.8, 4) is 0 Å². The van der Waals surface area contributed by atoms with Gasteiger partial charge in [0, 0.05) is 37.0 Å². The van der Waals surface area contributed by atoms with Crippen LogP contribution in [0.1, 0.15) is 24.6 Å². The van der Waals surface area contributed by atoms with E-state index in [2.05, 4.69) is 25.9 Å². The van der Waals surface area contributed by atoms with Crippen LogP contribution in [0.5, 0.6) is 0 Å². The number of H-pyrrole nitrogens is 1. The van der Waals surface area contributed by atoms with E-state index in [-0.39, 0.29) is 37.0 Å². The predicted octanol–water partition coefficient (Wildman–Crippen LogP) is 2.65. The van der Waals surface area contributed by atoms with Crippen molar-refractivity contribution >= 4 is 40.7 Å². The largest absolute Gasteiger partial charge is 0.357 e. The third-order valence-corrected chi connectivity index (χ3v) is 4.78. The van der Waals surface area contributed by atoms with E-state index in [0.29, 0.717) is 18.1 Å². The minimum absolute atomic E-state index is 0.152.